The molecule has 4 rings (SSSR count). The van der Waals surface area contributed by atoms with Crippen LogP contribution in [0.25, 0.3) is 0 Å². The minimum absolute atomic E-state index is 0.0842. The Morgan fingerprint density at radius 2 is 1.94 bits per heavy atom. The minimum atomic E-state index is -0.815. The van der Waals surface area contributed by atoms with Crippen molar-refractivity contribution in [3.8, 4) is 0 Å². The van der Waals surface area contributed by atoms with E-state index in [1.54, 1.807) is 0 Å². The SMILES string of the molecule is NNC(=O)CC12CC(C3CN(C(=O)O)C3)(C1)C2. The van der Waals surface area contributed by atoms with Gasteiger partial charge in [-0.1, -0.05) is 0 Å². The van der Waals surface area contributed by atoms with Crippen LogP contribution >= 0.6 is 0 Å². The molecule has 0 atom stereocenters. The molecule has 6 nitrogen and oxygen atoms in total. The average Bonchev–Trinajstić information content (AvgIpc) is 2.08. The van der Waals surface area contributed by atoms with Crippen molar-refractivity contribution in [3.05, 3.63) is 0 Å². The second-order valence-electron chi connectivity index (χ2n) is 6.02. The van der Waals surface area contributed by atoms with Gasteiger partial charge in [0, 0.05) is 25.4 Å². The van der Waals surface area contributed by atoms with Crippen molar-refractivity contribution in [2.45, 2.75) is 25.7 Å². The van der Waals surface area contributed by atoms with Crippen LogP contribution in [0.3, 0.4) is 0 Å². The van der Waals surface area contributed by atoms with Crippen molar-refractivity contribution >= 4 is 12.0 Å². The van der Waals surface area contributed by atoms with E-state index in [-0.39, 0.29) is 11.3 Å². The van der Waals surface area contributed by atoms with Gasteiger partial charge in [-0.2, -0.15) is 0 Å². The lowest BCUT2D eigenvalue weighted by atomic mass is 9.30. The van der Waals surface area contributed by atoms with Gasteiger partial charge >= 0.3 is 6.09 Å². The molecule has 4 N–H and O–H groups in total. The van der Waals surface area contributed by atoms with Gasteiger partial charge in [-0.15, -0.1) is 0 Å². The van der Waals surface area contributed by atoms with E-state index in [1.165, 1.54) is 4.90 Å². The molecule has 0 aromatic heterocycles. The Labute approximate surface area is 99.1 Å². The molecule has 3 saturated carbocycles. The number of hydrogen-bond donors (Lipinski definition) is 3. The van der Waals surface area contributed by atoms with Crippen molar-refractivity contribution in [1.29, 1.82) is 0 Å². The normalized spacial score (nSPS) is 38.8. The molecule has 6 heteroatoms. The highest BCUT2D eigenvalue weighted by molar-refractivity contribution is 5.76. The van der Waals surface area contributed by atoms with Crippen LogP contribution in [0.1, 0.15) is 25.7 Å². The van der Waals surface area contributed by atoms with Crippen LogP contribution in [0.15, 0.2) is 0 Å². The maximum absolute atomic E-state index is 11.2. The summed E-state index contributed by atoms with van der Waals surface area (Å²) in [4.78, 5) is 23.4. The molecule has 1 aliphatic heterocycles. The molecule has 4 aliphatic rings. The lowest BCUT2D eigenvalue weighted by Gasteiger charge is -2.75. The van der Waals surface area contributed by atoms with Gasteiger partial charge < -0.3 is 10.0 Å². The molecular formula is C11H17N3O3. The Kier molecular flexibility index (Phi) is 1.99. The van der Waals surface area contributed by atoms with Crippen molar-refractivity contribution in [3.63, 3.8) is 0 Å². The van der Waals surface area contributed by atoms with Gasteiger partial charge in [0.05, 0.1) is 0 Å². The molecule has 94 valence electrons. The van der Waals surface area contributed by atoms with Crippen LogP contribution < -0.4 is 11.3 Å². The fraction of sp³-hybridized carbons (Fsp3) is 0.818. The molecule has 4 fully saturated rings. The smallest absolute Gasteiger partial charge is 0.407 e. The minimum Gasteiger partial charge on any atom is -0.465 e. The third-order valence-electron chi connectivity index (χ3n) is 4.90. The van der Waals surface area contributed by atoms with Gasteiger partial charge in [0.15, 0.2) is 0 Å². The van der Waals surface area contributed by atoms with Crippen LogP contribution in [0.4, 0.5) is 4.79 Å². The quantitative estimate of drug-likeness (QED) is 0.371. The van der Waals surface area contributed by atoms with Gasteiger partial charge in [0.1, 0.15) is 0 Å². The Bertz CT molecular complexity index is 370. The number of nitrogens with two attached hydrogens (primary N) is 1. The third-order valence-corrected chi connectivity index (χ3v) is 4.90. The second-order valence-corrected chi connectivity index (χ2v) is 6.02. The van der Waals surface area contributed by atoms with Crippen molar-refractivity contribution in [1.82, 2.24) is 10.3 Å². The fourth-order valence-corrected chi connectivity index (χ4v) is 4.12. The number of nitrogens with zero attached hydrogens (tertiary/aromatic N) is 1. The molecular weight excluding hydrogens is 222 g/mol. The zero-order valence-electron chi connectivity index (χ0n) is 9.61. The van der Waals surface area contributed by atoms with Crippen LogP contribution in [0.5, 0.6) is 0 Å². The molecule has 2 bridgehead atoms. The maximum atomic E-state index is 11.2. The molecule has 2 amide bonds. The van der Waals surface area contributed by atoms with Crippen molar-refractivity contribution in [2.24, 2.45) is 22.6 Å². The van der Waals surface area contributed by atoms with E-state index in [0.717, 1.165) is 19.3 Å². The molecule has 0 spiro atoms. The second kappa shape index (κ2) is 3.13. The number of likely N-dealkylation sites (tertiary alicyclic amines) is 1. The number of hydrazine groups is 1. The molecule has 3 aliphatic carbocycles. The number of nitrogens with one attached hydrogen (secondary N) is 1. The highest BCUT2D eigenvalue weighted by atomic mass is 16.4. The number of carbonyl (C=O) groups excluding carboxylic acids is 1. The maximum Gasteiger partial charge on any atom is 0.407 e. The summed E-state index contributed by atoms with van der Waals surface area (Å²) in [6.07, 6.45) is 2.94. The first kappa shape index (κ1) is 10.8. The predicted molar refractivity (Wildman–Crippen MR) is 58.8 cm³/mol. The number of rotatable bonds is 3. The van der Waals surface area contributed by atoms with Gasteiger partial charge in [-0.25, -0.2) is 10.6 Å². The molecule has 17 heavy (non-hydrogen) atoms. The fourth-order valence-electron chi connectivity index (χ4n) is 4.12. The number of hydrogen-bond acceptors (Lipinski definition) is 3. The molecule has 0 unspecified atom stereocenters. The molecule has 1 heterocycles. The van der Waals surface area contributed by atoms with E-state index in [0.29, 0.717) is 30.8 Å². The summed E-state index contributed by atoms with van der Waals surface area (Å²) in [7, 11) is 0. The summed E-state index contributed by atoms with van der Waals surface area (Å²) in [5.41, 5.74) is 2.72. The molecule has 1 saturated heterocycles. The zero-order valence-corrected chi connectivity index (χ0v) is 9.61. The van der Waals surface area contributed by atoms with E-state index in [9.17, 15) is 9.59 Å². The lowest BCUT2D eigenvalue weighted by Crippen LogP contribution is -2.71. The Morgan fingerprint density at radius 3 is 2.41 bits per heavy atom. The summed E-state index contributed by atoms with van der Waals surface area (Å²) in [5, 5.41) is 8.78. The number of amides is 2. The van der Waals surface area contributed by atoms with E-state index >= 15 is 0 Å². The summed E-state index contributed by atoms with van der Waals surface area (Å²) in [6, 6.07) is 0. The van der Waals surface area contributed by atoms with Crippen molar-refractivity contribution < 1.29 is 14.7 Å². The largest absolute Gasteiger partial charge is 0.465 e. The Hall–Kier alpha value is -1.30. The summed E-state index contributed by atoms with van der Waals surface area (Å²) in [5.74, 6) is 5.52. The van der Waals surface area contributed by atoms with E-state index in [1.807, 2.05) is 0 Å². The first-order chi connectivity index (χ1) is 7.99. The summed E-state index contributed by atoms with van der Waals surface area (Å²) >= 11 is 0. The standard InChI is InChI=1S/C11H17N3O3/c12-13-8(15)1-10-4-11(5-10,6-10)7-2-14(3-7)9(16)17/h7H,1-6,12H2,(H,13,15)(H,16,17). The highest BCUT2D eigenvalue weighted by Crippen LogP contribution is 2.78. The van der Waals surface area contributed by atoms with Crippen LogP contribution in [-0.2, 0) is 4.79 Å². The van der Waals surface area contributed by atoms with Crippen molar-refractivity contribution in [2.75, 3.05) is 13.1 Å². The molecule has 0 aromatic rings. The number of carboxylic acid groups (broad SMARTS) is 1. The Balaban J connectivity index is 1.49. The average molecular weight is 239 g/mol. The summed E-state index contributed by atoms with van der Waals surface area (Å²) in [6.45, 7) is 1.35. The summed E-state index contributed by atoms with van der Waals surface area (Å²) < 4.78 is 0. The first-order valence-corrected chi connectivity index (χ1v) is 5.96. The van der Waals surface area contributed by atoms with E-state index < -0.39 is 6.09 Å². The predicted octanol–water partition coefficient (Wildman–Crippen LogP) is 0.146. The first-order valence-electron chi connectivity index (χ1n) is 5.96. The Morgan fingerprint density at radius 1 is 1.35 bits per heavy atom. The van der Waals surface area contributed by atoms with Gasteiger partial charge in [-0.3, -0.25) is 10.2 Å². The van der Waals surface area contributed by atoms with Gasteiger partial charge in [-0.05, 0) is 30.1 Å². The third kappa shape index (κ3) is 1.36. The lowest BCUT2D eigenvalue weighted by molar-refractivity contribution is -0.255. The van der Waals surface area contributed by atoms with Gasteiger partial charge in [0.2, 0.25) is 5.91 Å². The monoisotopic (exact) mass is 239 g/mol. The van der Waals surface area contributed by atoms with Gasteiger partial charge in [0.25, 0.3) is 0 Å². The van der Waals surface area contributed by atoms with Crippen LogP contribution in [0.2, 0.25) is 0 Å². The molecule has 0 aromatic carbocycles. The zero-order chi connectivity index (χ0) is 12.3. The van der Waals surface area contributed by atoms with Crippen LogP contribution in [-0.4, -0.2) is 35.1 Å². The van der Waals surface area contributed by atoms with Crippen LogP contribution in [0, 0.1) is 16.7 Å². The van der Waals surface area contributed by atoms with E-state index in [2.05, 4.69) is 5.43 Å². The number of carbonyl (C=O) groups is 2. The van der Waals surface area contributed by atoms with E-state index in [4.69, 9.17) is 10.9 Å². The molecule has 0 radical (unpaired) electrons. The highest BCUT2D eigenvalue weighted by Gasteiger charge is 2.71. The topological polar surface area (TPSA) is 95.7 Å².